The van der Waals surface area contributed by atoms with Gasteiger partial charge in [0.2, 0.25) is 0 Å². The minimum absolute atomic E-state index is 0.0639. The van der Waals surface area contributed by atoms with Crippen LogP contribution in [0.15, 0.2) is 84.9 Å². The van der Waals surface area contributed by atoms with Gasteiger partial charge in [-0.15, -0.1) is 0 Å². The van der Waals surface area contributed by atoms with Crippen molar-refractivity contribution in [3.05, 3.63) is 147 Å². The number of benzene rings is 7. The quantitative estimate of drug-likeness (QED) is 0.126. The van der Waals surface area contributed by atoms with Crippen LogP contribution in [-0.4, -0.2) is 8.80 Å². The SMILES string of the molecule is [C-]#[N+]c1cc2c(c3c1C1CC4CC(C1)CC3C4)c1cc(-c3c(F)cccc3F)cc3c4cc5c(cc4n2c31)c1cc(-c2c(F)cccc2F)cc2c3c4c(c(C#N)cc3n5c12)C1CC2CC(C1)CC4C2. The Bertz CT molecular complexity index is 4000. The maximum absolute atomic E-state index is 16.1. The summed E-state index contributed by atoms with van der Waals surface area (Å²) in [5, 5.41) is 18.6. The summed E-state index contributed by atoms with van der Waals surface area (Å²) in [5.41, 5.74) is 12.6. The predicted octanol–water partition coefficient (Wildman–Crippen LogP) is 17.1. The highest BCUT2D eigenvalue weighted by Crippen LogP contribution is 2.62. The third-order valence-electron chi connectivity index (χ3n) is 19.3. The van der Waals surface area contributed by atoms with Gasteiger partial charge in [0.25, 0.3) is 0 Å². The average molecular weight is 919 g/mol. The minimum Gasteiger partial charge on any atom is -0.309 e. The Labute approximate surface area is 399 Å². The minimum atomic E-state index is -0.626. The number of rotatable bonds is 2. The number of nitriles is 1. The van der Waals surface area contributed by atoms with E-state index in [9.17, 15) is 5.26 Å². The molecule has 4 unspecified atom stereocenters. The van der Waals surface area contributed by atoms with Gasteiger partial charge in [-0.1, -0.05) is 12.1 Å². The van der Waals surface area contributed by atoms with E-state index in [1.54, 1.807) is 0 Å². The third kappa shape index (κ3) is 4.63. The van der Waals surface area contributed by atoms with Gasteiger partial charge in [-0.3, -0.25) is 0 Å². The topological polar surface area (TPSA) is 37.0 Å². The first-order valence-corrected chi connectivity index (χ1v) is 25.4. The van der Waals surface area contributed by atoms with Crippen molar-refractivity contribution >= 4 is 81.9 Å². The van der Waals surface area contributed by atoms with Gasteiger partial charge >= 0.3 is 0 Å². The Morgan fingerprint density at radius 1 is 0.457 bits per heavy atom. The zero-order valence-electron chi connectivity index (χ0n) is 38.1. The van der Waals surface area contributed by atoms with Crippen LogP contribution in [0.3, 0.4) is 0 Å². The zero-order chi connectivity index (χ0) is 46.3. The van der Waals surface area contributed by atoms with E-state index < -0.39 is 23.3 Å². The summed E-state index contributed by atoms with van der Waals surface area (Å²) in [6, 6.07) is 27.2. The standard InChI is InChI=1S/C62H42F4N4/c1-68-48-25-52-60(58-34-16-29-9-30(17-34)13-32(12-29)56(48)58)43-21-36(55-46(65)6-3-7-47(55)66)19-41-39-23-49-38(24-50(39)70(52)62(41)43)40-18-35(54-44(63)4-2-5-45(54)64)20-42-59-51(69(49)61(40)42)22-37(26-67)53-31-10-27-8-28(11-31)15-33(14-27)57(53)59/h2-7,18-25,27-34H,8-17H2. The molecule has 0 saturated heterocycles. The normalized spacial score (nSPS) is 25.4. The summed E-state index contributed by atoms with van der Waals surface area (Å²) in [4.78, 5) is 4.30. The monoisotopic (exact) mass is 918 g/mol. The van der Waals surface area contributed by atoms with E-state index in [1.165, 1.54) is 71.5 Å². The Balaban J connectivity index is 1.06. The second-order valence-electron chi connectivity index (χ2n) is 22.7. The molecule has 0 spiro atoms. The molecule has 4 saturated carbocycles. The molecule has 11 aromatic rings. The highest BCUT2D eigenvalue weighted by atomic mass is 19.1. The van der Waals surface area contributed by atoms with Crippen molar-refractivity contribution in [3.8, 4) is 28.3 Å². The highest BCUT2D eigenvalue weighted by Gasteiger charge is 2.46. The van der Waals surface area contributed by atoms with Crippen LogP contribution in [0.1, 0.15) is 116 Å². The maximum atomic E-state index is 16.1. The van der Waals surface area contributed by atoms with Gasteiger partial charge in [0.05, 0.1) is 56.9 Å². The van der Waals surface area contributed by atoms with Gasteiger partial charge in [-0.2, -0.15) is 5.26 Å². The fraction of sp³-hybridized carbons (Fsp3) is 0.290. The summed E-state index contributed by atoms with van der Waals surface area (Å²) in [6.45, 7) is 8.67. The number of halogens is 4. The molecular weight excluding hydrogens is 877 g/mol. The van der Waals surface area contributed by atoms with Crippen molar-refractivity contribution in [2.24, 2.45) is 23.7 Å². The molecule has 4 heterocycles. The smallest absolute Gasteiger partial charge is 0.193 e. The molecule has 70 heavy (non-hydrogen) atoms. The molecule has 4 fully saturated rings. The molecule has 0 N–H and O–H groups in total. The molecule has 7 aromatic carbocycles. The van der Waals surface area contributed by atoms with E-state index >= 15 is 17.6 Å². The average Bonchev–Trinajstić information content (AvgIpc) is 3.98. The number of hydrogen-bond donors (Lipinski definition) is 0. The fourth-order valence-electron chi connectivity index (χ4n) is 17.4. The molecule has 0 amide bonds. The van der Waals surface area contributed by atoms with Gasteiger partial charge in [-0.25, -0.2) is 22.4 Å². The van der Waals surface area contributed by atoms with Gasteiger partial charge in [0, 0.05) is 48.6 Å². The Morgan fingerprint density at radius 2 is 0.857 bits per heavy atom. The first-order valence-electron chi connectivity index (χ1n) is 25.4. The number of aromatic nitrogens is 2. The molecule has 0 radical (unpaired) electrons. The molecule has 4 atom stereocenters. The Morgan fingerprint density at radius 3 is 1.30 bits per heavy atom. The second-order valence-corrected chi connectivity index (χ2v) is 22.7. The van der Waals surface area contributed by atoms with E-state index in [4.69, 9.17) is 6.57 Å². The molecule has 4 aromatic heterocycles. The number of nitrogens with zero attached hydrogens (tertiary/aromatic N) is 4. The molecule has 8 aliphatic carbocycles. The molecule has 8 heteroatoms. The lowest BCUT2D eigenvalue weighted by atomic mass is 9.67. The Hall–Kier alpha value is -7.16. The number of hydrogen-bond acceptors (Lipinski definition) is 1. The van der Waals surface area contributed by atoms with Crippen molar-refractivity contribution < 1.29 is 17.6 Å². The van der Waals surface area contributed by atoms with Crippen LogP contribution in [0.4, 0.5) is 23.2 Å². The maximum Gasteiger partial charge on any atom is 0.193 e. The lowest BCUT2D eigenvalue weighted by molar-refractivity contribution is 0.166. The summed E-state index contributed by atoms with van der Waals surface area (Å²) < 4.78 is 69.0. The van der Waals surface area contributed by atoms with E-state index in [2.05, 4.69) is 44.0 Å². The van der Waals surface area contributed by atoms with Gasteiger partial charge in [0.15, 0.2) is 5.69 Å². The third-order valence-corrected chi connectivity index (χ3v) is 19.3. The predicted molar refractivity (Wildman–Crippen MR) is 269 cm³/mol. The molecule has 19 rings (SSSR count). The van der Waals surface area contributed by atoms with Crippen LogP contribution < -0.4 is 0 Å². The van der Waals surface area contributed by atoms with Crippen molar-refractivity contribution in [1.82, 2.24) is 8.80 Å². The van der Waals surface area contributed by atoms with Crippen molar-refractivity contribution in [3.63, 3.8) is 0 Å². The molecular formula is C62H42F4N4. The van der Waals surface area contributed by atoms with Crippen LogP contribution >= 0.6 is 0 Å². The van der Waals surface area contributed by atoms with Crippen LogP contribution in [-0.2, 0) is 0 Å². The van der Waals surface area contributed by atoms with Gasteiger partial charge < -0.3 is 8.80 Å². The van der Waals surface area contributed by atoms with Crippen molar-refractivity contribution in [1.29, 1.82) is 5.26 Å². The van der Waals surface area contributed by atoms with E-state index in [0.29, 0.717) is 58.2 Å². The first kappa shape index (κ1) is 38.7. The summed E-state index contributed by atoms with van der Waals surface area (Å²) >= 11 is 0. The highest BCUT2D eigenvalue weighted by molar-refractivity contribution is 6.31. The molecule has 338 valence electrons. The second kappa shape index (κ2) is 13.0. The van der Waals surface area contributed by atoms with Crippen molar-refractivity contribution in [2.45, 2.75) is 87.9 Å². The summed E-state index contributed by atoms with van der Waals surface area (Å²) in [6.07, 6.45) is 11.2. The van der Waals surface area contributed by atoms with Crippen LogP contribution in [0.2, 0.25) is 0 Å². The first-order chi connectivity index (χ1) is 34.2. The molecule has 8 aliphatic rings. The van der Waals surface area contributed by atoms with E-state index in [0.717, 1.165) is 133 Å². The van der Waals surface area contributed by atoms with E-state index in [1.807, 2.05) is 24.3 Å². The summed E-state index contributed by atoms with van der Waals surface area (Å²) in [7, 11) is 0. The zero-order valence-corrected chi connectivity index (χ0v) is 38.1. The molecule has 0 aliphatic heterocycles. The molecule has 8 bridgehead atoms. The fourth-order valence-corrected chi connectivity index (χ4v) is 17.4. The lowest BCUT2D eigenvalue weighted by Gasteiger charge is -2.38. The van der Waals surface area contributed by atoms with Gasteiger partial charge in [0.1, 0.15) is 23.3 Å². The largest absolute Gasteiger partial charge is 0.309 e. The molecule has 4 nitrogen and oxygen atoms in total. The van der Waals surface area contributed by atoms with Crippen LogP contribution in [0.5, 0.6) is 0 Å². The van der Waals surface area contributed by atoms with Gasteiger partial charge in [-0.05, 0) is 218 Å². The summed E-state index contributed by atoms with van der Waals surface area (Å²) in [5.74, 6) is 1.16. The van der Waals surface area contributed by atoms with Crippen LogP contribution in [0, 0.1) is 64.8 Å². The lowest BCUT2D eigenvalue weighted by Crippen LogP contribution is -2.25. The van der Waals surface area contributed by atoms with E-state index in [-0.39, 0.29) is 17.0 Å². The van der Waals surface area contributed by atoms with Crippen molar-refractivity contribution in [2.75, 3.05) is 0 Å². The Kier molecular flexibility index (Phi) is 7.16. The number of fused-ring (bicyclic) bond motifs is 12. The van der Waals surface area contributed by atoms with Crippen LogP contribution in [0.25, 0.3) is 103 Å².